The van der Waals surface area contributed by atoms with Crippen LogP contribution in [0.5, 0.6) is 0 Å². The molecule has 1 amide bonds. The summed E-state index contributed by atoms with van der Waals surface area (Å²) in [6.45, 7) is 1.50. The first-order valence-electron chi connectivity index (χ1n) is 7.30. The smallest absolute Gasteiger partial charge is 0.254 e. The van der Waals surface area contributed by atoms with Crippen molar-refractivity contribution in [3.63, 3.8) is 0 Å². The molecule has 0 aliphatic carbocycles. The predicted octanol–water partition coefficient (Wildman–Crippen LogP) is 4.41. The first-order valence-corrected chi connectivity index (χ1v) is 8.05. The van der Waals surface area contributed by atoms with Crippen LogP contribution in [-0.2, 0) is 0 Å². The van der Waals surface area contributed by atoms with Crippen LogP contribution in [0, 0.1) is 0 Å². The molecule has 0 bridgehead atoms. The summed E-state index contributed by atoms with van der Waals surface area (Å²) in [4.78, 5) is 18.4. The van der Waals surface area contributed by atoms with Gasteiger partial charge >= 0.3 is 0 Å². The van der Waals surface area contributed by atoms with Crippen LogP contribution >= 0.6 is 23.2 Å². The number of benzene rings is 1. The van der Waals surface area contributed by atoms with Crippen molar-refractivity contribution in [2.45, 2.75) is 18.8 Å². The van der Waals surface area contributed by atoms with Gasteiger partial charge in [0.05, 0.1) is 0 Å². The van der Waals surface area contributed by atoms with E-state index in [2.05, 4.69) is 4.98 Å². The maximum atomic E-state index is 12.6. The van der Waals surface area contributed by atoms with Crippen LogP contribution in [0.25, 0.3) is 0 Å². The van der Waals surface area contributed by atoms with E-state index in [-0.39, 0.29) is 5.91 Å². The van der Waals surface area contributed by atoms with Gasteiger partial charge in [-0.3, -0.25) is 4.79 Å². The lowest BCUT2D eigenvalue weighted by Crippen LogP contribution is -2.39. The van der Waals surface area contributed by atoms with Crippen LogP contribution in [0.2, 0.25) is 10.2 Å². The molecular formula is C17H16Cl2N2O. The topological polar surface area (TPSA) is 33.2 Å². The minimum atomic E-state index is 0.0166. The van der Waals surface area contributed by atoms with E-state index in [9.17, 15) is 4.79 Å². The molecule has 0 spiro atoms. The molecule has 0 N–H and O–H groups in total. The summed E-state index contributed by atoms with van der Waals surface area (Å²) < 4.78 is 0. The summed E-state index contributed by atoms with van der Waals surface area (Å²) in [6, 6.07) is 11.2. The van der Waals surface area contributed by atoms with Gasteiger partial charge in [0.15, 0.2) is 0 Å². The molecule has 3 rings (SSSR count). The van der Waals surface area contributed by atoms with Gasteiger partial charge in [-0.1, -0.05) is 35.3 Å². The van der Waals surface area contributed by atoms with Crippen molar-refractivity contribution in [2.75, 3.05) is 13.1 Å². The van der Waals surface area contributed by atoms with Crippen molar-refractivity contribution in [1.29, 1.82) is 0 Å². The van der Waals surface area contributed by atoms with Gasteiger partial charge in [0.2, 0.25) is 0 Å². The number of amides is 1. The van der Waals surface area contributed by atoms with Crippen LogP contribution in [0.15, 0.2) is 42.6 Å². The number of aromatic nitrogens is 1. The summed E-state index contributed by atoms with van der Waals surface area (Å²) in [5, 5.41) is 1.08. The second-order valence-electron chi connectivity index (χ2n) is 5.51. The quantitative estimate of drug-likeness (QED) is 0.762. The summed E-state index contributed by atoms with van der Waals surface area (Å²) in [7, 11) is 0. The highest BCUT2D eigenvalue weighted by Gasteiger charge is 2.25. The Labute approximate surface area is 139 Å². The van der Waals surface area contributed by atoms with Crippen LogP contribution in [0.3, 0.4) is 0 Å². The number of halogens is 2. The van der Waals surface area contributed by atoms with Crippen molar-refractivity contribution in [3.05, 3.63) is 63.9 Å². The lowest BCUT2D eigenvalue weighted by atomic mass is 9.90. The minimum absolute atomic E-state index is 0.0166. The molecule has 22 heavy (non-hydrogen) atoms. The van der Waals surface area contributed by atoms with Gasteiger partial charge < -0.3 is 4.90 Å². The molecule has 1 aliphatic heterocycles. The van der Waals surface area contributed by atoms with Gasteiger partial charge in [0.25, 0.3) is 5.91 Å². The monoisotopic (exact) mass is 334 g/mol. The molecule has 1 unspecified atom stereocenters. The first-order chi connectivity index (χ1) is 10.6. The van der Waals surface area contributed by atoms with Crippen molar-refractivity contribution >= 4 is 29.1 Å². The molecule has 1 saturated heterocycles. The zero-order valence-corrected chi connectivity index (χ0v) is 13.5. The fourth-order valence-electron chi connectivity index (χ4n) is 2.89. The molecule has 1 atom stereocenters. The van der Waals surface area contributed by atoms with Crippen molar-refractivity contribution in [2.24, 2.45) is 0 Å². The average molecular weight is 335 g/mol. The Kier molecular flexibility index (Phi) is 4.65. The Balaban J connectivity index is 1.75. The third-order valence-corrected chi connectivity index (χ3v) is 4.48. The van der Waals surface area contributed by atoms with E-state index in [1.807, 2.05) is 29.2 Å². The number of pyridine rings is 1. The molecule has 1 aromatic heterocycles. The Morgan fingerprint density at radius 1 is 1.18 bits per heavy atom. The largest absolute Gasteiger partial charge is 0.338 e. The van der Waals surface area contributed by atoms with Crippen molar-refractivity contribution < 1.29 is 4.79 Å². The van der Waals surface area contributed by atoms with Crippen molar-refractivity contribution in [1.82, 2.24) is 9.88 Å². The molecule has 2 heterocycles. The predicted molar refractivity (Wildman–Crippen MR) is 88.6 cm³/mol. The molecule has 0 radical (unpaired) electrons. The molecule has 2 aromatic rings. The summed E-state index contributed by atoms with van der Waals surface area (Å²) in [5.74, 6) is 0.371. The van der Waals surface area contributed by atoms with Crippen LogP contribution in [0.4, 0.5) is 0 Å². The van der Waals surface area contributed by atoms with E-state index in [1.165, 1.54) is 5.56 Å². The molecule has 1 aromatic carbocycles. The molecular weight excluding hydrogens is 319 g/mol. The van der Waals surface area contributed by atoms with Gasteiger partial charge in [-0.2, -0.15) is 0 Å². The van der Waals surface area contributed by atoms with Crippen LogP contribution < -0.4 is 0 Å². The molecule has 114 valence electrons. The highest BCUT2D eigenvalue weighted by Crippen LogP contribution is 2.28. The second-order valence-corrected chi connectivity index (χ2v) is 6.33. The van der Waals surface area contributed by atoms with Crippen LogP contribution in [-0.4, -0.2) is 28.9 Å². The van der Waals surface area contributed by atoms with Gasteiger partial charge in [-0.05, 0) is 42.7 Å². The number of rotatable bonds is 2. The maximum Gasteiger partial charge on any atom is 0.254 e. The summed E-state index contributed by atoms with van der Waals surface area (Å²) in [6.07, 6.45) is 3.65. The molecule has 3 nitrogen and oxygen atoms in total. The number of piperidine rings is 1. The number of carbonyl (C=O) groups excluding carboxylic acids is 1. The normalized spacial score (nSPS) is 18.3. The maximum absolute atomic E-state index is 12.6. The average Bonchev–Trinajstić information content (AvgIpc) is 2.55. The molecule has 1 fully saturated rings. The minimum Gasteiger partial charge on any atom is -0.338 e. The second kappa shape index (κ2) is 6.67. The highest BCUT2D eigenvalue weighted by atomic mass is 35.5. The Morgan fingerprint density at radius 2 is 1.95 bits per heavy atom. The Hall–Kier alpha value is -1.58. The van der Waals surface area contributed by atoms with Gasteiger partial charge in [0, 0.05) is 35.8 Å². The highest BCUT2D eigenvalue weighted by molar-refractivity contribution is 6.30. The first kappa shape index (κ1) is 15.3. The third-order valence-electron chi connectivity index (χ3n) is 4.02. The van der Waals surface area contributed by atoms with E-state index < -0.39 is 0 Å². The number of carbonyl (C=O) groups is 1. The van der Waals surface area contributed by atoms with Gasteiger partial charge in [-0.25, -0.2) is 4.98 Å². The lowest BCUT2D eigenvalue weighted by Gasteiger charge is -2.33. The zero-order chi connectivity index (χ0) is 15.5. The Morgan fingerprint density at radius 3 is 2.68 bits per heavy atom. The Bertz CT molecular complexity index is 673. The van der Waals surface area contributed by atoms with Crippen LogP contribution in [0.1, 0.15) is 34.7 Å². The third kappa shape index (κ3) is 3.42. The van der Waals surface area contributed by atoms with E-state index in [0.717, 1.165) is 31.0 Å². The van der Waals surface area contributed by atoms with E-state index >= 15 is 0 Å². The van der Waals surface area contributed by atoms with E-state index in [4.69, 9.17) is 23.2 Å². The summed E-state index contributed by atoms with van der Waals surface area (Å²) >= 11 is 11.8. The molecule has 1 aliphatic rings. The fraction of sp³-hybridized carbons (Fsp3) is 0.294. The SMILES string of the molecule is O=C(c1ccnc(Cl)c1)N1CCCC(c2ccc(Cl)cc2)C1. The number of hydrogen-bond acceptors (Lipinski definition) is 2. The van der Waals surface area contributed by atoms with E-state index in [1.54, 1.807) is 18.3 Å². The van der Waals surface area contributed by atoms with Gasteiger partial charge in [-0.15, -0.1) is 0 Å². The fourth-order valence-corrected chi connectivity index (χ4v) is 3.19. The lowest BCUT2D eigenvalue weighted by molar-refractivity contribution is 0.0707. The number of hydrogen-bond donors (Lipinski definition) is 0. The number of nitrogens with zero attached hydrogens (tertiary/aromatic N) is 2. The molecule has 5 heteroatoms. The van der Waals surface area contributed by atoms with E-state index in [0.29, 0.717) is 16.6 Å². The van der Waals surface area contributed by atoms with Crippen molar-refractivity contribution in [3.8, 4) is 0 Å². The number of likely N-dealkylation sites (tertiary alicyclic amines) is 1. The summed E-state index contributed by atoms with van der Waals surface area (Å²) in [5.41, 5.74) is 1.83. The van der Waals surface area contributed by atoms with Gasteiger partial charge in [0.1, 0.15) is 5.15 Å². The standard InChI is InChI=1S/C17H16Cl2N2O/c18-15-5-3-12(4-6-15)14-2-1-9-21(11-14)17(22)13-7-8-20-16(19)10-13/h3-8,10,14H,1-2,9,11H2. The molecule has 0 saturated carbocycles. The zero-order valence-electron chi connectivity index (χ0n) is 12.0.